The zero-order chi connectivity index (χ0) is 39.4. The van der Waals surface area contributed by atoms with Gasteiger partial charge >= 0.3 is 0 Å². The summed E-state index contributed by atoms with van der Waals surface area (Å²) >= 11 is 0. The summed E-state index contributed by atoms with van der Waals surface area (Å²) in [5.74, 6) is 0. The number of hydrogen-bond donors (Lipinski definition) is 0. The number of hydrogen-bond acceptors (Lipinski definition) is 4. The van der Waals surface area contributed by atoms with Crippen LogP contribution in [0, 0.1) is 0 Å². The maximum absolute atomic E-state index is 14.5. The molecule has 4 heterocycles. The Morgan fingerprint density at radius 2 is 0.700 bits per heavy atom. The van der Waals surface area contributed by atoms with Gasteiger partial charge in [0.25, 0.3) is 11.1 Å². The summed E-state index contributed by atoms with van der Waals surface area (Å²) in [6.45, 7) is 0. The number of aromatic nitrogens is 2. The Kier molecular flexibility index (Phi) is 5.96. The van der Waals surface area contributed by atoms with Crippen molar-refractivity contribution in [3.8, 4) is 22.3 Å². The number of furan rings is 2. The lowest BCUT2D eigenvalue weighted by Crippen LogP contribution is -2.21. The van der Waals surface area contributed by atoms with E-state index in [-0.39, 0.29) is 11.1 Å². The first-order valence-electron chi connectivity index (χ1n) is 20.1. The van der Waals surface area contributed by atoms with Crippen LogP contribution in [0.2, 0.25) is 0 Å². The Labute approximate surface area is 338 Å². The SMILES string of the molecule is O=c1c2cc(-c3c4ccccc4cc4oc5cc6ccccc6cc5c34)ccc2n2c3ccc(-c4c5ccccc5cc5oc6cc7ccccc7cc6c45)cc3c(=O)n12. The van der Waals surface area contributed by atoms with Gasteiger partial charge in [0.15, 0.2) is 0 Å². The molecule has 60 heavy (non-hydrogen) atoms. The highest BCUT2D eigenvalue weighted by molar-refractivity contribution is 6.24. The highest BCUT2D eigenvalue weighted by atomic mass is 16.3. The van der Waals surface area contributed by atoms with Crippen LogP contribution in [-0.2, 0) is 0 Å². The zero-order valence-electron chi connectivity index (χ0n) is 31.7. The van der Waals surface area contributed by atoms with Crippen LogP contribution in [0.15, 0.2) is 188 Å². The fourth-order valence-corrected chi connectivity index (χ4v) is 10.1. The number of fused-ring (bicyclic) bond motifs is 15. The van der Waals surface area contributed by atoms with Gasteiger partial charge in [0.1, 0.15) is 22.3 Å². The van der Waals surface area contributed by atoms with Crippen LogP contribution in [0.4, 0.5) is 0 Å². The van der Waals surface area contributed by atoms with Crippen molar-refractivity contribution in [2.75, 3.05) is 0 Å². The lowest BCUT2D eigenvalue weighted by atomic mass is 9.92. The highest BCUT2D eigenvalue weighted by Gasteiger charge is 2.23. The molecule has 278 valence electrons. The van der Waals surface area contributed by atoms with E-state index in [1.165, 1.54) is 4.52 Å². The van der Waals surface area contributed by atoms with Crippen molar-refractivity contribution in [3.05, 3.63) is 191 Å². The van der Waals surface area contributed by atoms with E-state index >= 15 is 0 Å². The predicted molar refractivity (Wildman–Crippen MR) is 245 cm³/mol. The molecule has 0 aliphatic rings. The second-order valence-corrected chi connectivity index (χ2v) is 16.0. The van der Waals surface area contributed by atoms with E-state index in [0.29, 0.717) is 21.8 Å². The van der Waals surface area contributed by atoms with Crippen LogP contribution in [0.5, 0.6) is 0 Å². The molecule has 0 saturated heterocycles. The van der Waals surface area contributed by atoms with Gasteiger partial charge in [-0.05, 0) is 115 Å². The fraction of sp³-hybridized carbons (Fsp3) is 0. The number of rotatable bonds is 2. The summed E-state index contributed by atoms with van der Waals surface area (Å²) in [7, 11) is 0. The van der Waals surface area contributed by atoms with Crippen LogP contribution in [0.1, 0.15) is 0 Å². The van der Waals surface area contributed by atoms with Crippen LogP contribution in [-0.4, -0.2) is 9.03 Å². The van der Waals surface area contributed by atoms with E-state index < -0.39 is 0 Å². The minimum absolute atomic E-state index is 0.352. The standard InChI is InChI=1S/C54H28N2O4/c57-53-39-23-35(49-37-15-7-5-13-33(37)27-47-51(49)41-21-29-9-1-3-11-31(29)25-45(41)59-47)17-19-43(39)55-44-20-18-36(24-40(44)54(58)56(53)55)50-38-16-8-6-14-34(38)28-48-52(50)42-22-30-10-2-4-12-32(30)26-46(42)60-48/h1-28H. The lowest BCUT2D eigenvalue weighted by molar-refractivity contribution is 0.669. The molecule has 6 nitrogen and oxygen atoms in total. The molecule has 6 heteroatoms. The Balaban J connectivity index is 1.01. The third-order valence-electron chi connectivity index (χ3n) is 12.8. The van der Waals surface area contributed by atoms with E-state index in [0.717, 1.165) is 109 Å². The molecule has 14 rings (SSSR count). The molecule has 0 fully saturated rings. The number of benzene rings is 10. The van der Waals surface area contributed by atoms with Gasteiger partial charge in [-0.15, -0.1) is 0 Å². The molecule has 0 atom stereocenters. The van der Waals surface area contributed by atoms with Gasteiger partial charge in [0, 0.05) is 32.7 Å². The Morgan fingerprint density at radius 1 is 0.317 bits per heavy atom. The first-order chi connectivity index (χ1) is 29.6. The average molecular weight is 769 g/mol. The second kappa shape index (κ2) is 11.2. The summed E-state index contributed by atoms with van der Waals surface area (Å²) in [4.78, 5) is 29.1. The first kappa shape index (κ1) is 31.8. The predicted octanol–water partition coefficient (Wildman–Crippen LogP) is 13.2. The van der Waals surface area contributed by atoms with E-state index in [9.17, 15) is 9.59 Å². The van der Waals surface area contributed by atoms with Crippen molar-refractivity contribution in [3.63, 3.8) is 0 Å². The Hall–Kier alpha value is -8.22. The van der Waals surface area contributed by atoms with E-state index in [4.69, 9.17) is 8.83 Å². The van der Waals surface area contributed by atoms with Gasteiger partial charge < -0.3 is 8.83 Å². The molecular formula is C54H28N2O4. The van der Waals surface area contributed by atoms with E-state index in [1.807, 2.05) is 72.8 Å². The maximum Gasteiger partial charge on any atom is 0.282 e. The van der Waals surface area contributed by atoms with Crippen LogP contribution in [0.3, 0.4) is 0 Å². The summed E-state index contributed by atoms with van der Waals surface area (Å²) in [5, 5.41) is 13.6. The second-order valence-electron chi connectivity index (χ2n) is 16.0. The molecule has 0 N–H and O–H groups in total. The van der Waals surface area contributed by atoms with Gasteiger partial charge in [0.05, 0.1) is 21.8 Å². The van der Waals surface area contributed by atoms with Crippen molar-refractivity contribution in [2.45, 2.75) is 0 Å². The molecule has 0 aliphatic heterocycles. The van der Waals surface area contributed by atoms with Crippen molar-refractivity contribution < 1.29 is 8.83 Å². The summed E-state index contributed by atoms with van der Waals surface area (Å²) in [5.41, 5.74) is 7.57. The molecule has 14 aromatic rings. The van der Waals surface area contributed by atoms with Gasteiger partial charge in [-0.3, -0.25) is 9.59 Å². The quantitative estimate of drug-likeness (QED) is 0.176. The van der Waals surface area contributed by atoms with Crippen molar-refractivity contribution >= 4 is 109 Å². The van der Waals surface area contributed by atoms with Crippen molar-refractivity contribution in [1.82, 2.24) is 9.03 Å². The van der Waals surface area contributed by atoms with E-state index in [1.54, 1.807) is 4.52 Å². The zero-order valence-corrected chi connectivity index (χ0v) is 31.7. The fourth-order valence-electron chi connectivity index (χ4n) is 10.1. The first-order valence-corrected chi connectivity index (χ1v) is 20.1. The average Bonchev–Trinajstić information content (AvgIpc) is 4.00. The molecule has 10 aromatic carbocycles. The molecule has 0 spiro atoms. The molecule has 0 aliphatic carbocycles. The molecule has 0 saturated carbocycles. The summed E-state index contributed by atoms with van der Waals surface area (Å²) in [6, 6.07) is 57.9. The smallest absolute Gasteiger partial charge is 0.282 e. The van der Waals surface area contributed by atoms with E-state index in [2.05, 4.69) is 97.1 Å². The number of nitrogens with zero attached hydrogens (tertiary/aromatic N) is 2. The molecule has 0 bridgehead atoms. The van der Waals surface area contributed by atoms with Gasteiger partial charge in [-0.1, -0.05) is 109 Å². The van der Waals surface area contributed by atoms with Gasteiger partial charge in [-0.25, -0.2) is 4.52 Å². The Morgan fingerprint density at radius 3 is 1.15 bits per heavy atom. The largest absolute Gasteiger partial charge is 0.456 e. The van der Waals surface area contributed by atoms with Crippen molar-refractivity contribution in [2.24, 2.45) is 0 Å². The molecule has 4 aromatic heterocycles. The normalized spacial score (nSPS) is 12.5. The van der Waals surface area contributed by atoms with Crippen LogP contribution < -0.4 is 11.1 Å². The van der Waals surface area contributed by atoms with Crippen LogP contribution in [0.25, 0.3) is 131 Å². The van der Waals surface area contributed by atoms with Crippen LogP contribution >= 0.6 is 0 Å². The minimum atomic E-state index is -0.352. The van der Waals surface area contributed by atoms with Gasteiger partial charge in [-0.2, -0.15) is 4.52 Å². The third kappa shape index (κ3) is 4.11. The van der Waals surface area contributed by atoms with Gasteiger partial charge in [0.2, 0.25) is 0 Å². The highest BCUT2D eigenvalue weighted by Crippen LogP contribution is 2.45. The summed E-state index contributed by atoms with van der Waals surface area (Å²) in [6.07, 6.45) is 0. The molecular weight excluding hydrogens is 741 g/mol. The van der Waals surface area contributed by atoms with Crippen molar-refractivity contribution in [1.29, 1.82) is 0 Å². The topological polar surface area (TPSA) is 69.2 Å². The molecule has 0 radical (unpaired) electrons. The Bertz CT molecular complexity index is 4080. The molecule has 0 unspecified atom stereocenters. The monoisotopic (exact) mass is 768 g/mol. The maximum atomic E-state index is 14.5. The molecule has 0 amide bonds. The summed E-state index contributed by atoms with van der Waals surface area (Å²) < 4.78 is 16.2. The third-order valence-corrected chi connectivity index (χ3v) is 12.8. The lowest BCUT2D eigenvalue weighted by Gasteiger charge is -2.10. The minimum Gasteiger partial charge on any atom is -0.456 e.